The largest absolute Gasteiger partial charge is 0.493 e. The fourth-order valence-corrected chi connectivity index (χ4v) is 5.58. The highest BCUT2D eigenvalue weighted by molar-refractivity contribution is 9.10. The smallest absolute Gasteiger partial charge is 0.264 e. The number of amides is 1. The zero-order chi connectivity index (χ0) is 26.5. The molecule has 1 amide bonds. The Morgan fingerprint density at radius 2 is 1.67 bits per heavy atom. The minimum atomic E-state index is -4.02. The fourth-order valence-electron chi connectivity index (χ4n) is 3.48. The molecule has 10 heteroatoms. The summed E-state index contributed by atoms with van der Waals surface area (Å²) >= 11 is 3.41. The molecule has 0 atom stereocenters. The first-order valence-corrected chi connectivity index (χ1v) is 13.2. The number of ether oxygens (including phenoxy) is 2. The average Bonchev–Trinajstić information content (AvgIpc) is 2.84. The molecule has 1 N–H and O–H groups in total. The van der Waals surface area contributed by atoms with E-state index >= 15 is 0 Å². The second-order valence-electron chi connectivity index (χ2n) is 8.15. The molecule has 0 heterocycles. The number of hydrogen-bond donors (Lipinski definition) is 1. The van der Waals surface area contributed by atoms with E-state index in [4.69, 9.17) is 9.47 Å². The normalized spacial score (nSPS) is 11.4. The van der Waals surface area contributed by atoms with Crippen LogP contribution in [0.3, 0.4) is 0 Å². The van der Waals surface area contributed by atoms with Gasteiger partial charge in [0.05, 0.1) is 35.5 Å². The molecule has 3 aromatic rings. The first kappa shape index (κ1) is 27.2. The molecule has 0 spiro atoms. The van der Waals surface area contributed by atoms with Crippen LogP contribution in [0.4, 0.5) is 5.69 Å². The van der Waals surface area contributed by atoms with Crippen LogP contribution in [-0.4, -0.2) is 41.3 Å². The molecule has 0 fully saturated rings. The molecule has 0 aliphatic carbocycles. The van der Waals surface area contributed by atoms with Crippen molar-refractivity contribution in [2.24, 2.45) is 5.10 Å². The summed E-state index contributed by atoms with van der Waals surface area (Å²) in [6.45, 7) is 5.09. The van der Waals surface area contributed by atoms with Crippen LogP contribution in [0.5, 0.6) is 11.5 Å². The Morgan fingerprint density at radius 3 is 2.31 bits per heavy atom. The van der Waals surface area contributed by atoms with E-state index in [-0.39, 0.29) is 4.90 Å². The van der Waals surface area contributed by atoms with Crippen LogP contribution in [0.1, 0.15) is 22.3 Å². The Kier molecular flexibility index (Phi) is 8.75. The predicted octanol–water partition coefficient (Wildman–Crippen LogP) is 4.74. The fraction of sp³-hybridized carbons (Fsp3) is 0.231. The van der Waals surface area contributed by atoms with Crippen LogP contribution >= 0.6 is 15.9 Å². The van der Waals surface area contributed by atoms with Gasteiger partial charge in [0.2, 0.25) is 0 Å². The number of sulfonamides is 1. The van der Waals surface area contributed by atoms with E-state index in [0.717, 1.165) is 21.0 Å². The van der Waals surface area contributed by atoms with Gasteiger partial charge in [-0.15, -0.1) is 0 Å². The standard InChI is InChI=1S/C26H28BrN3O5S/c1-17-7-10-21(11-8-17)36(32,33)30(23-12-18(2)6-9-19(23)3)16-25(31)29-28-15-20-13-22(27)26(35-5)24(14-20)34-4/h6-15H,16H2,1-5H3,(H,29,31). The lowest BCUT2D eigenvalue weighted by molar-refractivity contribution is -0.119. The second-order valence-corrected chi connectivity index (χ2v) is 10.9. The lowest BCUT2D eigenvalue weighted by Gasteiger charge is -2.25. The Hall–Kier alpha value is -3.37. The van der Waals surface area contributed by atoms with E-state index in [0.29, 0.717) is 27.2 Å². The van der Waals surface area contributed by atoms with Gasteiger partial charge in [0.15, 0.2) is 11.5 Å². The summed E-state index contributed by atoms with van der Waals surface area (Å²) in [5.74, 6) is 0.427. The molecule has 0 saturated heterocycles. The number of anilines is 1. The number of benzene rings is 3. The zero-order valence-electron chi connectivity index (χ0n) is 20.7. The number of hydrazone groups is 1. The summed E-state index contributed by atoms with van der Waals surface area (Å²) in [6, 6.07) is 15.4. The van der Waals surface area contributed by atoms with Crippen LogP contribution in [0.15, 0.2) is 69.1 Å². The molecular weight excluding hydrogens is 546 g/mol. The van der Waals surface area contributed by atoms with Crippen molar-refractivity contribution >= 4 is 43.8 Å². The van der Waals surface area contributed by atoms with Crippen molar-refractivity contribution in [2.45, 2.75) is 25.7 Å². The summed E-state index contributed by atoms with van der Waals surface area (Å²) in [4.78, 5) is 12.9. The molecule has 0 radical (unpaired) electrons. The Balaban J connectivity index is 1.88. The number of aryl methyl sites for hydroxylation is 3. The lowest BCUT2D eigenvalue weighted by Crippen LogP contribution is -2.40. The highest BCUT2D eigenvalue weighted by Gasteiger charge is 2.28. The second kappa shape index (κ2) is 11.6. The average molecular weight is 574 g/mol. The van der Waals surface area contributed by atoms with Gasteiger partial charge >= 0.3 is 0 Å². The van der Waals surface area contributed by atoms with Crippen molar-refractivity contribution in [3.05, 3.63) is 81.3 Å². The molecule has 0 aliphatic rings. The van der Waals surface area contributed by atoms with Gasteiger partial charge in [-0.2, -0.15) is 5.10 Å². The third-order valence-corrected chi connectivity index (χ3v) is 7.75. The van der Waals surface area contributed by atoms with Gasteiger partial charge in [-0.3, -0.25) is 9.10 Å². The maximum atomic E-state index is 13.6. The monoisotopic (exact) mass is 573 g/mol. The number of rotatable bonds is 9. The molecule has 0 saturated carbocycles. The molecule has 0 bridgehead atoms. The number of methoxy groups -OCH3 is 2. The number of carbonyl (C=O) groups is 1. The Labute approximate surface area is 220 Å². The van der Waals surface area contributed by atoms with Crippen molar-refractivity contribution < 1.29 is 22.7 Å². The number of halogens is 1. The molecule has 36 heavy (non-hydrogen) atoms. The van der Waals surface area contributed by atoms with Crippen molar-refractivity contribution in [3.8, 4) is 11.5 Å². The third-order valence-electron chi connectivity index (χ3n) is 5.39. The first-order chi connectivity index (χ1) is 17.1. The van der Waals surface area contributed by atoms with E-state index in [2.05, 4.69) is 26.5 Å². The highest BCUT2D eigenvalue weighted by atomic mass is 79.9. The quantitative estimate of drug-likeness (QED) is 0.294. The molecular formula is C26H28BrN3O5S. The molecule has 190 valence electrons. The summed E-state index contributed by atoms with van der Waals surface area (Å²) in [5, 5.41) is 4.00. The zero-order valence-corrected chi connectivity index (χ0v) is 23.1. The van der Waals surface area contributed by atoms with Crippen molar-refractivity contribution in [2.75, 3.05) is 25.1 Å². The lowest BCUT2D eigenvalue weighted by atomic mass is 10.1. The van der Waals surface area contributed by atoms with Crippen LogP contribution in [0.25, 0.3) is 0 Å². The van der Waals surface area contributed by atoms with Crippen LogP contribution in [-0.2, 0) is 14.8 Å². The topological polar surface area (TPSA) is 97.3 Å². The first-order valence-electron chi connectivity index (χ1n) is 11.0. The maximum Gasteiger partial charge on any atom is 0.264 e. The van der Waals surface area contributed by atoms with Crippen LogP contribution in [0.2, 0.25) is 0 Å². The molecule has 0 aromatic heterocycles. The van der Waals surface area contributed by atoms with Gasteiger partial charge in [-0.1, -0.05) is 29.8 Å². The molecule has 3 aromatic carbocycles. The number of nitrogens with one attached hydrogen (secondary N) is 1. The van der Waals surface area contributed by atoms with Gasteiger partial charge in [0.1, 0.15) is 6.54 Å². The van der Waals surface area contributed by atoms with Gasteiger partial charge in [0, 0.05) is 0 Å². The minimum absolute atomic E-state index is 0.0977. The van der Waals surface area contributed by atoms with Gasteiger partial charge in [0.25, 0.3) is 15.9 Å². The van der Waals surface area contributed by atoms with Crippen molar-refractivity contribution in [1.29, 1.82) is 0 Å². The predicted molar refractivity (Wildman–Crippen MR) is 145 cm³/mol. The molecule has 3 rings (SSSR count). The van der Waals surface area contributed by atoms with Crippen LogP contribution < -0.4 is 19.2 Å². The molecule has 0 unspecified atom stereocenters. The molecule has 0 aliphatic heterocycles. The summed E-state index contributed by atoms with van der Waals surface area (Å²) in [6.07, 6.45) is 1.43. The van der Waals surface area contributed by atoms with E-state index in [1.54, 1.807) is 37.3 Å². The van der Waals surface area contributed by atoms with E-state index in [1.807, 2.05) is 26.0 Å². The van der Waals surface area contributed by atoms with E-state index < -0.39 is 22.5 Å². The molecule has 8 nitrogen and oxygen atoms in total. The maximum absolute atomic E-state index is 13.6. The van der Waals surface area contributed by atoms with E-state index in [9.17, 15) is 13.2 Å². The Morgan fingerprint density at radius 1 is 1.00 bits per heavy atom. The summed E-state index contributed by atoms with van der Waals surface area (Å²) < 4.78 is 39.5. The van der Waals surface area contributed by atoms with Crippen molar-refractivity contribution in [3.63, 3.8) is 0 Å². The van der Waals surface area contributed by atoms with Crippen LogP contribution in [0, 0.1) is 20.8 Å². The Bertz CT molecular complexity index is 1390. The number of carbonyl (C=O) groups excluding carboxylic acids is 1. The SMILES string of the molecule is COc1cc(C=NNC(=O)CN(c2cc(C)ccc2C)S(=O)(=O)c2ccc(C)cc2)cc(Br)c1OC. The van der Waals surface area contributed by atoms with E-state index in [1.165, 1.54) is 32.6 Å². The third kappa shape index (κ3) is 6.24. The van der Waals surface area contributed by atoms with Gasteiger partial charge in [-0.05, 0) is 83.7 Å². The number of hydrogen-bond acceptors (Lipinski definition) is 6. The summed E-state index contributed by atoms with van der Waals surface area (Å²) in [7, 11) is -0.973. The van der Waals surface area contributed by atoms with Gasteiger partial charge < -0.3 is 9.47 Å². The highest BCUT2D eigenvalue weighted by Crippen LogP contribution is 2.35. The van der Waals surface area contributed by atoms with Gasteiger partial charge in [-0.25, -0.2) is 13.8 Å². The minimum Gasteiger partial charge on any atom is -0.493 e. The number of nitrogens with zero attached hydrogens (tertiary/aromatic N) is 2. The van der Waals surface area contributed by atoms with Crippen molar-refractivity contribution in [1.82, 2.24) is 5.43 Å². The summed E-state index contributed by atoms with van der Waals surface area (Å²) in [5.41, 5.74) is 6.02.